The minimum atomic E-state index is -0.360. The molecule has 110 valence electrons. The Bertz CT molecular complexity index is 657. The second-order valence-corrected chi connectivity index (χ2v) is 6.48. The van der Waals surface area contributed by atoms with Gasteiger partial charge in [-0.15, -0.1) is 22.7 Å². The molecule has 0 spiro atoms. The lowest BCUT2D eigenvalue weighted by Gasteiger charge is -2.02. The van der Waals surface area contributed by atoms with E-state index in [0.29, 0.717) is 4.88 Å². The predicted octanol–water partition coefficient (Wildman–Crippen LogP) is 3.15. The van der Waals surface area contributed by atoms with Crippen molar-refractivity contribution in [3.8, 4) is 0 Å². The van der Waals surface area contributed by atoms with E-state index in [2.05, 4.69) is 17.8 Å². The van der Waals surface area contributed by atoms with Gasteiger partial charge in [0.05, 0.1) is 4.88 Å². The Kier molecular flexibility index (Phi) is 5.30. The van der Waals surface area contributed by atoms with Crippen LogP contribution in [0.25, 0.3) is 6.08 Å². The zero-order valence-electron chi connectivity index (χ0n) is 11.8. The van der Waals surface area contributed by atoms with Crippen LogP contribution in [-0.4, -0.2) is 11.8 Å². The number of hydrogen-bond acceptors (Lipinski definition) is 4. The molecule has 0 aliphatic carbocycles. The van der Waals surface area contributed by atoms with E-state index in [9.17, 15) is 9.59 Å². The van der Waals surface area contributed by atoms with E-state index >= 15 is 0 Å². The molecular weight excluding hydrogens is 304 g/mol. The fraction of sp³-hybridized carbons (Fsp3) is 0.200. The number of hydrogen-bond donors (Lipinski definition) is 2. The fourth-order valence-electron chi connectivity index (χ4n) is 1.75. The van der Waals surface area contributed by atoms with Crippen LogP contribution in [0.1, 0.15) is 31.9 Å². The summed E-state index contributed by atoms with van der Waals surface area (Å²) in [5, 5.41) is 1.93. The molecule has 0 fully saturated rings. The molecule has 2 aromatic rings. The molecule has 2 heterocycles. The van der Waals surface area contributed by atoms with Crippen molar-refractivity contribution >= 4 is 40.6 Å². The number of thiophene rings is 2. The molecule has 0 aliphatic heterocycles. The Labute approximate surface area is 131 Å². The van der Waals surface area contributed by atoms with Crippen LogP contribution in [-0.2, 0) is 11.2 Å². The summed E-state index contributed by atoms with van der Waals surface area (Å²) in [5.41, 5.74) is 5.90. The molecule has 0 saturated heterocycles. The average molecular weight is 320 g/mol. The summed E-state index contributed by atoms with van der Waals surface area (Å²) >= 11 is 2.99. The SMILES string of the molecule is CCc1sc(C(=O)NNC(=O)/C=C/c2cccs2)cc1C. The molecule has 21 heavy (non-hydrogen) atoms. The summed E-state index contributed by atoms with van der Waals surface area (Å²) in [7, 11) is 0. The van der Waals surface area contributed by atoms with E-state index in [0.717, 1.165) is 16.9 Å². The third-order valence-electron chi connectivity index (χ3n) is 2.81. The fourth-order valence-corrected chi connectivity index (χ4v) is 3.38. The van der Waals surface area contributed by atoms with Crippen molar-refractivity contribution in [1.82, 2.24) is 10.9 Å². The highest BCUT2D eigenvalue weighted by atomic mass is 32.1. The minimum absolute atomic E-state index is 0.291. The molecule has 0 bridgehead atoms. The van der Waals surface area contributed by atoms with Gasteiger partial charge in [0.25, 0.3) is 11.8 Å². The van der Waals surface area contributed by atoms with Crippen molar-refractivity contribution in [2.45, 2.75) is 20.3 Å². The normalized spacial score (nSPS) is 10.8. The maximum absolute atomic E-state index is 11.9. The lowest BCUT2D eigenvalue weighted by Crippen LogP contribution is -2.40. The van der Waals surface area contributed by atoms with Crippen molar-refractivity contribution in [3.63, 3.8) is 0 Å². The summed E-state index contributed by atoms with van der Waals surface area (Å²) in [4.78, 5) is 26.3. The van der Waals surface area contributed by atoms with Crippen LogP contribution in [0.4, 0.5) is 0 Å². The average Bonchev–Trinajstić information content (AvgIpc) is 3.11. The number of carbonyl (C=O) groups excluding carboxylic acids is 2. The quantitative estimate of drug-likeness (QED) is 0.671. The molecule has 2 amide bonds. The molecule has 0 atom stereocenters. The standard InChI is InChI=1S/C15H16N2O2S2/c1-3-12-10(2)9-13(21-12)15(19)17-16-14(18)7-6-11-5-4-8-20-11/h4-9H,3H2,1-2H3,(H,16,18)(H,17,19)/b7-6+. The van der Waals surface area contributed by atoms with Crippen molar-refractivity contribution in [3.05, 3.63) is 49.9 Å². The molecule has 2 rings (SSSR count). The zero-order valence-corrected chi connectivity index (χ0v) is 13.4. The van der Waals surface area contributed by atoms with Gasteiger partial charge in [-0.2, -0.15) is 0 Å². The van der Waals surface area contributed by atoms with E-state index in [1.54, 1.807) is 17.4 Å². The van der Waals surface area contributed by atoms with Gasteiger partial charge in [0.15, 0.2) is 0 Å². The molecule has 0 aliphatic rings. The molecule has 0 radical (unpaired) electrons. The maximum Gasteiger partial charge on any atom is 0.279 e. The highest BCUT2D eigenvalue weighted by Gasteiger charge is 2.11. The Hall–Kier alpha value is -1.92. The Morgan fingerprint density at radius 3 is 2.76 bits per heavy atom. The lowest BCUT2D eigenvalue weighted by molar-refractivity contribution is -0.117. The third kappa shape index (κ3) is 4.27. The predicted molar refractivity (Wildman–Crippen MR) is 87.4 cm³/mol. The highest BCUT2D eigenvalue weighted by Crippen LogP contribution is 2.21. The zero-order chi connectivity index (χ0) is 15.2. The van der Waals surface area contributed by atoms with Crippen molar-refractivity contribution in [2.75, 3.05) is 0 Å². The van der Waals surface area contributed by atoms with Gasteiger partial charge in [0, 0.05) is 15.8 Å². The van der Waals surface area contributed by atoms with Gasteiger partial charge in [-0.1, -0.05) is 13.0 Å². The van der Waals surface area contributed by atoms with Gasteiger partial charge in [0.1, 0.15) is 0 Å². The van der Waals surface area contributed by atoms with E-state index in [1.807, 2.05) is 30.5 Å². The second kappa shape index (κ2) is 7.19. The number of carbonyl (C=O) groups is 2. The molecule has 4 nitrogen and oxygen atoms in total. The van der Waals surface area contributed by atoms with Gasteiger partial charge in [-0.25, -0.2) is 0 Å². The number of amides is 2. The third-order valence-corrected chi connectivity index (χ3v) is 5.02. The van der Waals surface area contributed by atoms with E-state index in [1.165, 1.54) is 22.3 Å². The highest BCUT2D eigenvalue weighted by molar-refractivity contribution is 7.14. The van der Waals surface area contributed by atoms with Crippen LogP contribution >= 0.6 is 22.7 Å². The lowest BCUT2D eigenvalue weighted by atomic mass is 10.2. The topological polar surface area (TPSA) is 58.2 Å². The molecular formula is C15H16N2O2S2. The second-order valence-electron chi connectivity index (χ2n) is 4.36. The summed E-state index contributed by atoms with van der Waals surface area (Å²) in [6, 6.07) is 5.66. The van der Waals surface area contributed by atoms with Gasteiger partial charge >= 0.3 is 0 Å². The minimum Gasteiger partial charge on any atom is -0.268 e. The van der Waals surface area contributed by atoms with Crippen LogP contribution in [0.3, 0.4) is 0 Å². The van der Waals surface area contributed by atoms with Crippen LogP contribution in [0, 0.1) is 6.92 Å². The molecule has 2 aromatic heterocycles. The molecule has 2 N–H and O–H groups in total. The Morgan fingerprint density at radius 1 is 1.33 bits per heavy atom. The number of rotatable bonds is 4. The Morgan fingerprint density at radius 2 is 2.14 bits per heavy atom. The van der Waals surface area contributed by atoms with Crippen molar-refractivity contribution in [1.29, 1.82) is 0 Å². The van der Waals surface area contributed by atoms with Crippen LogP contribution in [0.5, 0.6) is 0 Å². The summed E-state index contributed by atoms with van der Waals surface area (Å²) in [5.74, 6) is -0.651. The first kappa shape index (κ1) is 15.5. The maximum atomic E-state index is 11.9. The van der Waals surface area contributed by atoms with Gasteiger partial charge in [-0.05, 0) is 42.5 Å². The first-order valence-electron chi connectivity index (χ1n) is 6.51. The van der Waals surface area contributed by atoms with Crippen LogP contribution < -0.4 is 10.9 Å². The number of hydrazine groups is 1. The molecule has 6 heteroatoms. The van der Waals surface area contributed by atoms with E-state index in [-0.39, 0.29) is 11.8 Å². The summed E-state index contributed by atoms with van der Waals surface area (Å²) < 4.78 is 0. The first-order chi connectivity index (χ1) is 10.1. The Balaban J connectivity index is 1.87. The van der Waals surface area contributed by atoms with Gasteiger partial charge in [0.2, 0.25) is 0 Å². The number of aryl methyl sites for hydroxylation is 2. The van der Waals surface area contributed by atoms with Crippen LogP contribution in [0.15, 0.2) is 29.7 Å². The summed E-state index contributed by atoms with van der Waals surface area (Å²) in [6.07, 6.45) is 4.00. The monoisotopic (exact) mass is 320 g/mol. The summed E-state index contributed by atoms with van der Waals surface area (Å²) in [6.45, 7) is 4.03. The smallest absolute Gasteiger partial charge is 0.268 e. The van der Waals surface area contributed by atoms with Crippen molar-refractivity contribution < 1.29 is 9.59 Å². The molecule has 0 saturated carbocycles. The van der Waals surface area contributed by atoms with Crippen LogP contribution in [0.2, 0.25) is 0 Å². The molecule has 0 aromatic carbocycles. The van der Waals surface area contributed by atoms with Gasteiger partial charge < -0.3 is 0 Å². The van der Waals surface area contributed by atoms with Gasteiger partial charge in [-0.3, -0.25) is 20.4 Å². The molecule has 0 unspecified atom stereocenters. The largest absolute Gasteiger partial charge is 0.279 e. The first-order valence-corrected chi connectivity index (χ1v) is 8.21. The number of nitrogens with one attached hydrogen (secondary N) is 2. The van der Waals surface area contributed by atoms with E-state index < -0.39 is 0 Å². The van der Waals surface area contributed by atoms with E-state index in [4.69, 9.17) is 0 Å². The van der Waals surface area contributed by atoms with Crippen molar-refractivity contribution in [2.24, 2.45) is 0 Å².